The van der Waals surface area contributed by atoms with Crippen LogP contribution in [-0.4, -0.2) is 34.2 Å². The highest BCUT2D eigenvalue weighted by Crippen LogP contribution is 1.90. The smallest absolute Gasteiger partial charge is 0.188 e. The van der Waals surface area contributed by atoms with E-state index in [-0.39, 0.29) is 0 Å². The van der Waals surface area contributed by atoms with Crippen molar-refractivity contribution in [2.24, 2.45) is 16.6 Å². The highest BCUT2D eigenvalue weighted by molar-refractivity contribution is 5.77. The van der Waals surface area contributed by atoms with Crippen LogP contribution in [0, 0.1) is 5.92 Å². The first-order valence-electron chi connectivity index (χ1n) is 5.06. The summed E-state index contributed by atoms with van der Waals surface area (Å²) in [6.45, 7) is 5.67. The molecule has 0 atom stereocenters. The molecule has 84 valence electrons. The molecule has 0 spiro atoms. The number of rotatable bonds is 5. The number of H-pyrrole nitrogens is 1. The molecule has 1 aromatic rings. The van der Waals surface area contributed by atoms with E-state index < -0.39 is 0 Å². The lowest BCUT2D eigenvalue weighted by molar-refractivity contribution is 0.660. The van der Waals surface area contributed by atoms with E-state index in [1.807, 2.05) is 0 Å². The van der Waals surface area contributed by atoms with E-state index in [0.29, 0.717) is 18.4 Å². The quantitative estimate of drug-likeness (QED) is 0.467. The fourth-order valence-electron chi connectivity index (χ4n) is 0.997. The fraction of sp³-hybridized carbons (Fsp3) is 0.667. The summed E-state index contributed by atoms with van der Waals surface area (Å²) in [5.41, 5.74) is 5.65. The number of aliphatic imine (C=N–C) groups is 1. The van der Waals surface area contributed by atoms with Crippen LogP contribution in [-0.2, 0) is 6.42 Å². The number of nitrogens with zero attached hydrogens (tertiary/aromatic N) is 3. The molecule has 0 aliphatic heterocycles. The molecule has 0 aliphatic rings. The Labute approximate surface area is 89.4 Å². The topological polar surface area (TPSA) is 92.0 Å². The number of hydrogen-bond acceptors (Lipinski definition) is 3. The van der Waals surface area contributed by atoms with Gasteiger partial charge in [-0.3, -0.25) is 10.1 Å². The molecule has 0 bridgehead atoms. The number of hydrogen-bond donors (Lipinski definition) is 3. The summed E-state index contributed by atoms with van der Waals surface area (Å²) in [6.07, 6.45) is 2.25. The molecular formula is C9H18N6. The van der Waals surface area contributed by atoms with Crippen molar-refractivity contribution in [2.75, 3.05) is 13.1 Å². The number of nitrogens with one attached hydrogen (secondary N) is 2. The standard InChI is InChI=1S/C9H18N6/c1-7(2)5-12-9(10)11-4-3-8-13-6-14-15-8/h6-7H,3-5H2,1-2H3,(H3,10,11,12)(H,13,14,15). The predicted molar refractivity (Wildman–Crippen MR) is 59.4 cm³/mol. The first-order valence-corrected chi connectivity index (χ1v) is 5.06. The summed E-state index contributed by atoms with van der Waals surface area (Å²) in [7, 11) is 0. The summed E-state index contributed by atoms with van der Waals surface area (Å²) < 4.78 is 0. The van der Waals surface area contributed by atoms with Gasteiger partial charge in [-0.05, 0) is 5.92 Å². The van der Waals surface area contributed by atoms with Gasteiger partial charge in [0.1, 0.15) is 12.2 Å². The van der Waals surface area contributed by atoms with Crippen LogP contribution < -0.4 is 11.1 Å². The van der Waals surface area contributed by atoms with Crippen molar-refractivity contribution in [3.05, 3.63) is 12.2 Å². The van der Waals surface area contributed by atoms with Crippen LogP contribution in [0.3, 0.4) is 0 Å². The molecule has 0 aromatic carbocycles. The Bertz CT molecular complexity index is 290. The first-order chi connectivity index (χ1) is 7.18. The van der Waals surface area contributed by atoms with Crippen molar-refractivity contribution in [2.45, 2.75) is 20.3 Å². The van der Waals surface area contributed by atoms with E-state index in [1.54, 1.807) is 0 Å². The molecule has 1 aromatic heterocycles. The Kier molecular flexibility index (Phi) is 4.59. The Morgan fingerprint density at radius 3 is 3.07 bits per heavy atom. The fourth-order valence-corrected chi connectivity index (χ4v) is 0.997. The second kappa shape index (κ2) is 6.00. The highest BCUT2D eigenvalue weighted by atomic mass is 15.2. The van der Waals surface area contributed by atoms with Gasteiger partial charge in [0, 0.05) is 19.5 Å². The van der Waals surface area contributed by atoms with Crippen LogP contribution in [0.5, 0.6) is 0 Å². The molecule has 0 radical (unpaired) electrons. The molecule has 1 heterocycles. The van der Waals surface area contributed by atoms with Gasteiger partial charge >= 0.3 is 0 Å². The zero-order valence-corrected chi connectivity index (χ0v) is 9.20. The Morgan fingerprint density at radius 1 is 1.67 bits per heavy atom. The molecule has 6 heteroatoms. The monoisotopic (exact) mass is 210 g/mol. The van der Waals surface area contributed by atoms with E-state index >= 15 is 0 Å². The van der Waals surface area contributed by atoms with Crippen LogP contribution in [0.2, 0.25) is 0 Å². The lowest BCUT2D eigenvalue weighted by Crippen LogP contribution is -2.33. The second-order valence-corrected chi connectivity index (χ2v) is 3.73. The van der Waals surface area contributed by atoms with E-state index in [0.717, 1.165) is 18.8 Å². The molecule has 0 unspecified atom stereocenters. The third-order valence-electron chi connectivity index (χ3n) is 1.76. The predicted octanol–water partition coefficient (Wildman–Crippen LogP) is -0.0925. The van der Waals surface area contributed by atoms with Gasteiger partial charge in [0.25, 0.3) is 0 Å². The van der Waals surface area contributed by atoms with Crippen LogP contribution in [0.15, 0.2) is 11.3 Å². The maximum Gasteiger partial charge on any atom is 0.188 e. The Balaban J connectivity index is 2.17. The third kappa shape index (κ3) is 4.99. The van der Waals surface area contributed by atoms with Gasteiger partial charge in [-0.25, -0.2) is 4.98 Å². The molecule has 0 saturated carbocycles. The number of aromatic nitrogens is 3. The van der Waals surface area contributed by atoms with Gasteiger partial charge in [0.2, 0.25) is 0 Å². The van der Waals surface area contributed by atoms with E-state index in [2.05, 4.69) is 39.3 Å². The second-order valence-electron chi connectivity index (χ2n) is 3.73. The van der Waals surface area contributed by atoms with Crippen molar-refractivity contribution >= 4 is 5.96 Å². The van der Waals surface area contributed by atoms with E-state index in [9.17, 15) is 0 Å². The van der Waals surface area contributed by atoms with Crippen molar-refractivity contribution in [3.8, 4) is 0 Å². The van der Waals surface area contributed by atoms with Crippen molar-refractivity contribution in [1.29, 1.82) is 0 Å². The van der Waals surface area contributed by atoms with Crippen molar-refractivity contribution < 1.29 is 0 Å². The van der Waals surface area contributed by atoms with Gasteiger partial charge in [-0.1, -0.05) is 13.8 Å². The summed E-state index contributed by atoms with van der Waals surface area (Å²) in [5, 5.41) is 9.55. The third-order valence-corrected chi connectivity index (χ3v) is 1.76. The zero-order valence-electron chi connectivity index (χ0n) is 9.20. The minimum atomic E-state index is 0.489. The number of aromatic amines is 1. The van der Waals surface area contributed by atoms with Gasteiger partial charge in [0.15, 0.2) is 5.96 Å². The molecule has 0 aliphatic carbocycles. The van der Waals surface area contributed by atoms with Gasteiger partial charge < -0.3 is 11.1 Å². The molecule has 1 rings (SSSR count). The molecule has 6 nitrogen and oxygen atoms in total. The first kappa shape index (κ1) is 11.5. The van der Waals surface area contributed by atoms with E-state index in [4.69, 9.17) is 5.73 Å². The lowest BCUT2D eigenvalue weighted by Gasteiger charge is -2.05. The van der Waals surface area contributed by atoms with Crippen LogP contribution in [0.4, 0.5) is 0 Å². The molecule has 4 N–H and O–H groups in total. The number of nitrogens with two attached hydrogens (primary N) is 1. The van der Waals surface area contributed by atoms with E-state index in [1.165, 1.54) is 6.33 Å². The minimum absolute atomic E-state index is 0.489. The van der Waals surface area contributed by atoms with Crippen LogP contribution in [0.25, 0.3) is 0 Å². The van der Waals surface area contributed by atoms with Crippen molar-refractivity contribution in [3.63, 3.8) is 0 Å². The summed E-state index contributed by atoms with van der Waals surface area (Å²) in [6, 6.07) is 0. The Morgan fingerprint density at radius 2 is 2.47 bits per heavy atom. The van der Waals surface area contributed by atoms with Gasteiger partial charge in [-0.15, -0.1) is 0 Å². The van der Waals surface area contributed by atoms with Crippen LogP contribution >= 0.6 is 0 Å². The molecular weight excluding hydrogens is 192 g/mol. The Hall–Kier alpha value is -1.59. The van der Waals surface area contributed by atoms with Gasteiger partial charge in [-0.2, -0.15) is 5.10 Å². The molecule has 0 amide bonds. The largest absolute Gasteiger partial charge is 0.370 e. The summed E-state index contributed by atoms with van der Waals surface area (Å²) in [5.74, 6) is 1.86. The SMILES string of the molecule is CC(C)CN=C(N)NCCc1ncn[nH]1. The molecule has 0 saturated heterocycles. The molecule has 15 heavy (non-hydrogen) atoms. The maximum atomic E-state index is 5.65. The normalized spacial score (nSPS) is 12.1. The average molecular weight is 210 g/mol. The molecule has 0 fully saturated rings. The maximum absolute atomic E-state index is 5.65. The lowest BCUT2D eigenvalue weighted by atomic mass is 10.2. The summed E-state index contributed by atoms with van der Waals surface area (Å²) >= 11 is 0. The summed E-state index contributed by atoms with van der Waals surface area (Å²) in [4.78, 5) is 8.18. The average Bonchev–Trinajstić information content (AvgIpc) is 2.67. The van der Waals surface area contributed by atoms with Crippen LogP contribution in [0.1, 0.15) is 19.7 Å². The van der Waals surface area contributed by atoms with Gasteiger partial charge in [0.05, 0.1) is 0 Å². The van der Waals surface area contributed by atoms with Crippen molar-refractivity contribution in [1.82, 2.24) is 20.5 Å². The highest BCUT2D eigenvalue weighted by Gasteiger charge is 1.96. The zero-order chi connectivity index (χ0) is 11.1. The number of guanidine groups is 1. The minimum Gasteiger partial charge on any atom is -0.370 e.